The van der Waals surface area contributed by atoms with Gasteiger partial charge in [-0.1, -0.05) is 56.9 Å². The molecule has 2 aromatic rings. The summed E-state index contributed by atoms with van der Waals surface area (Å²) in [5.41, 5.74) is 3.42. The van der Waals surface area contributed by atoms with Crippen molar-refractivity contribution in [3.63, 3.8) is 0 Å². The summed E-state index contributed by atoms with van der Waals surface area (Å²) in [5.74, 6) is 1.92. The Hall–Kier alpha value is -2.16. The highest BCUT2D eigenvalue weighted by molar-refractivity contribution is 5.48. The summed E-state index contributed by atoms with van der Waals surface area (Å²) in [5, 5.41) is 3.46. The number of anilines is 1. The summed E-state index contributed by atoms with van der Waals surface area (Å²) in [6.45, 7) is 10.0. The minimum Gasteiger partial charge on any atom is -0.494 e. The molecule has 0 saturated carbocycles. The van der Waals surface area contributed by atoms with Crippen LogP contribution in [0.5, 0.6) is 11.5 Å². The van der Waals surface area contributed by atoms with Crippen molar-refractivity contribution >= 4 is 5.69 Å². The quantitative estimate of drug-likeness (QED) is 0.431. The third-order valence-electron chi connectivity index (χ3n) is 4.67. The second-order valence-electron chi connectivity index (χ2n) is 7.32. The topological polar surface area (TPSA) is 30.5 Å². The fourth-order valence-corrected chi connectivity index (χ4v) is 3.08. The molecule has 148 valence electrons. The number of rotatable bonds is 12. The third-order valence-corrected chi connectivity index (χ3v) is 4.67. The number of unbranched alkanes of at least 4 members (excludes halogenated alkanes) is 4. The predicted octanol–water partition coefficient (Wildman–Crippen LogP) is 6.53. The molecule has 2 aromatic carbocycles. The Balaban J connectivity index is 1.77. The summed E-state index contributed by atoms with van der Waals surface area (Å²) < 4.78 is 12.0. The van der Waals surface area contributed by atoms with Gasteiger partial charge in [-0.05, 0) is 50.5 Å². The highest BCUT2D eigenvalue weighted by Crippen LogP contribution is 2.24. The molecule has 0 bridgehead atoms. The van der Waals surface area contributed by atoms with Gasteiger partial charge in [0.2, 0.25) is 0 Å². The smallest absolute Gasteiger partial charge is 0.125 e. The maximum absolute atomic E-state index is 6.15. The van der Waals surface area contributed by atoms with Crippen LogP contribution in [0.15, 0.2) is 42.5 Å². The van der Waals surface area contributed by atoms with Crippen molar-refractivity contribution in [2.75, 3.05) is 18.5 Å². The van der Waals surface area contributed by atoms with Crippen LogP contribution >= 0.6 is 0 Å². The van der Waals surface area contributed by atoms with Crippen molar-refractivity contribution in [2.45, 2.75) is 65.9 Å². The summed E-state index contributed by atoms with van der Waals surface area (Å²) in [6.07, 6.45) is 6.35. The van der Waals surface area contributed by atoms with E-state index in [9.17, 15) is 0 Å². The molecule has 2 rings (SSSR count). The van der Waals surface area contributed by atoms with Gasteiger partial charge >= 0.3 is 0 Å². The Bertz CT molecular complexity index is 664. The number of aryl methyl sites for hydroxylation is 2. The zero-order valence-electron chi connectivity index (χ0n) is 17.4. The van der Waals surface area contributed by atoms with E-state index < -0.39 is 0 Å². The number of para-hydroxylation sites is 1. The largest absolute Gasteiger partial charge is 0.494 e. The number of ether oxygens (including phenoxy) is 2. The van der Waals surface area contributed by atoms with Gasteiger partial charge < -0.3 is 14.8 Å². The summed E-state index contributed by atoms with van der Waals surface area (Å²) >= 11 is 0. The molecule has 0 aromatic heterocycles. The fourth-order valence-electron chi connectivity index (χ4n) is 3.08. The zero-order valence-corrected chi connectivity index (χ0v) is 17.4. The average molecular weight is 370 g/mol. The highest BCUT2D eigenvalue weighted by Gasteiger charge is 2.09. The molecule has 0 amide bonds. The first kappa shape index (κ1) is 21.1. The molecule has 3 heteroatoms. The molecule has 0 fully saturated rings. The van der Waals surface area contributed by atoms with Crippen LogP contribution in [0.2, 0.25) is 0 Å². The molecular weight excluding hydrogens is 334 g/mol. The monoisotopic (exact) mass is 369 g/mol. The Morgan fingerprint density at radius 1 is 0.926 bits per heavy atom. The summed E-state index contributed by atoms with van der Waals surface area (Å²) in [4.78, 5) is 0. The van der Waals surface area contributed by atoms with Crippen LogP contribution in [0.25, 0.3) is 0 Å². The van der Waals surface area contributed by atoms with E-state index in [1.807, 2.05) is 12.1 Å². The molecule has 0 heterocycles. The van der Waals surface area contributed by atoms with Gasteiger partial charge in [-0.25, -0.2) is 0 Å². The first-order valence-corrected chi connectivity index (χ1v) is 10.3. The second-order valence-corrected chi connectivity index (χ2v) is 7.32. The summed E-state index contributed by atoms with van der Waals surface area (Å²) in [7, 11) is 0. The minimum atomic E-state index is 0.0768. The predicted molar refractivity (Wildman–Crippen MR) is 115 cm³/mol. The molecule has 0 aliphatic heterocycles. The Labute approximate surface area is 165 Å². The van der Waals surface area contributed by atoms with Gasteiger partial charge in [-0.2, -0.15) is 0 Å². The van der Waals surface area contributed by atoms with Crippen molar-refractivity contribution in [1.82, 2.24) is 0 Å². The zero-order chi connectivity index (χ0) is 19.5. The molecule has 0 radical (unpaired) electrons. The van der Waals surface area contributed by atoms with Crippen molar-refractivity contribution in [2.24, 2.45) is 0 Å². The van der Waals surface area contributed by atoms with E-state index in [0.717, 1.165) is 36.8 Å². The highest BCUT2D eigenvalue weighted by atomic mass is 16.5. The molecule has 0 spiro atoms. The summed E-state index contributed by atoms with van der Waals surface area (Å²) in [6, 6.07) is 14.4. The first-order chi connectivity index (χ1) is 13.1. The molecule has 0 saturated heterocycles. The number of hydrogen-bond acceptors (Lipinski definition) is 3. The average Bonchev–Trinajstić information content (AvgIpc) is 2.66. The lowest BCUT2D eigenvalue weighted by Gasteiger charge is -2.19. The number of benzene rings is 2. The molecule has 27 heavy (non-hydrogen) atoms. The van der Waals surface area contributed by atoms with Crippen LogP contribution in [0.4, 0.5) is 5.69 Å². The normalized spacial score (nSPS) is 11.9. The Kier molecular flexibility index (Phi) is 9.03. The van der Waals surface area contributed by atoms with Crippen molar-refractivity contribution < 1.29 is 9.47 Å². The van der Waals surface area contributed by atoms with Crippen LogP contribution in [0, 0.1) is 13.8 Å². The van der Waals surface area contributed by atoms with Gasteiger partial charge in [0.15, 0.2) is 0 Å². The van der Waals surface area contributed by atoms with Crippen LogP contribution in [-0.4, -0.2) is 19.3 Å². The number of hydrogen-bond donors (Lipinski definition) is 1. The van der Waals surface area contributed by atoms with Gasteiger partial charge in [0.25, 0.3) is 0 Å². The lowest BCUT2D eigenvalue weighted by molar-refractivity contribution is 0.231. The molecule has 0 aliphatic rings. The number of nitrogens with one attached hydrogen (secondary N) is 1. The van der Waals surface area contributed by atoms with Gasteiger partial charge in [0.05, 0.1) is 13.2 Å². The van der Waals surface area contributed by atoms with E-state index >= 15 is 0 Å². The van der Waals surface area contributed by atoms with E-state index in [1.54, 1.807) is 0 Å². The standard InChI is InChI=1S/C24H35NO2/c1-5-6-7-8-9-16-26-23-15-11-14-22(17-23)25-18-21(4)27-24-19(2)12-10-13-20(24)3/h10-15,17,21,25H,5-9,16,18H2,1-4H3. The maximum atomic E-state index is 6.15. The Morgan fingerprint density at radius 3 is 2.37 bits per heavy atom. The van der Waals surface area contributed by atoms with Crippen molar-refractivity contribution in [3.05, 3.63) is 53.6 Å². The second kappa shape index (κ2) is 11.5. The van der Waals surface area contributed by atoms with E-state index in [-0.39, 0.29) is 6.10 Å². The van der Waals surface area contributed by atoms with Gasteiger partial charge in [-0.15, -0.1) is 0 Å². The van der Waals surface area contributed by atoms with Crippen LogP contribution < -0.4 is 14.8 Å². The van der Waals surface area contributed by atoms with Gasteiger partial charge in [0, 0.05) is 11.8 Å². The molecule has 1 N–H and O–H groups in total. The maximum Gasteiger partial charge on any atom is 0.125 e. The molecule has 1 atom stereocenters. The van der Waals surface area contributed by atoms with E-state index in [4.69, 9.17) is 9.47 Å². The van der Waals surface area contributed by atoms with E-state index in [1.165, 1.54) is 36.8 Å². The third kappa shape index (κ3) is 7.54. The lowest BCUT2D eigenvalue weighted by Crippen LogP contribution is -2.23. The van der Waals surface area contributed by atoms with E-state index in [2.05, 4.69) is 63.3 Å². The SMILES string of the molecule is CCCCCCCOc1cccc(NCC(C)Oc2c(C)cccc2C)c1. The van der Waals surface area contributed by atoms with Crippen molar-refractivity contribution in [1.29, 1.82) is 0 Å². The Morgan fingerprint density at radius 2 is 1.63 bits per heavy atom. The van der Waals surface area contributed by atoms with Crippen LogP contribution in [0.1, 0.15) is 57.1 Å². The van der Waals surface area contributed by atoms with Crippen LogP contribution in [0.3, 0.4) is 0 Å². The minimum absolute atomic E-state index is 0.0768. The van der Waals surface area contributed by atoms with Gasteiger partial charge in [-0.3, -0.25) is 0 Å². The molecule has 0 aliphatic carbocycles. The van der Waals surface area contributed by atoms with E-state index in [0.29, 0.717) is 0 Å². The molecule has 1 unspecified atom stereocenters. The molecular formula is C24H35NO2. The molecule has 3 nitrogen and oxygen atoms in total. The fraction of sp³-hybridized carbons (Fsp3) is 0.500. The lowest BCUT2D eigenvalue weighted by atomic mass is 10.1. The van der Waals surface area contributed by atoms with Gasteiger partial charge in [0.1, 0.15) is 17.6 Å². The first-order valence-electron chi connectivity index (χ1n) is 10.3. The van der Waals surface area contributed by atoms with Crippen LogP contribution in [-0.2, 0) is 0 Å². The van der Waals surface area contributed by atoms with Crippen molar-refractivity contribution in [3.8, 4) is 11.5 Å².